The van der Waals surface area contributed by atoms with Gasteiger partial charge in [-0.3, -0.25) is 0 Å². The van der Waals surface area contributed by atoms with Gasteiger partial charge < -0.3 is 5.32 Å². The average molecular weight is 218 g/mol. The Bertz CT molecular complexity index is 550. The molecule has 2 aromatic rings. The number of nitrogens with one attached hydrogen (secondary N) is 1. The highest BCUT2D eigenvalue weighted by atomic mass is 16.2. The summed E-state index contributed by atoms with van der Waals surface area (Å²) in [5, 5.41) is 7.11. The van der Waals surface area contributed by atoms with Crippen LogP contribution in [-0.4, -0.2) is 21.4 Å². The number of nitrogens with zero attached hydrogens (tertiary/aromatic N) is 3. The molecule has 0 radical (unpaired) electrons. The lowest BCUT2D eigenvalue weighted by Gasteiger charge is -2.04. The second kappa shape index (κ2) is 3.84. The Morgan fingerprint density at radius 1 is 1.25 bits per heavy atom. The Kier molecular flexibility index (Phi) is 2.52. The minimum atomic E-state index is -0.130. The molecule has 1 heterocycles. The van der Waals surface area contributed by atoms with Gasteiger partial charge in [-0.1, -0.05) is 0 Å². The molecule has 0 atom stereocenters. The summed E-state index contributed by atoms with van der Waals surface area (Å²) < 4.78 is 2.92. The summed E-state index contributed by atoms with van der Waals surface area (Å²) >= 11 is 0. The fourth-order valence-electron chi connectivity index (χ4n) is 1.66. The molecular weight excluding hydrogens is 204 g/mol. The largest absolute Gasteiger partial charge is 0.388 e. The first kappa shape index (κ1) is 10.5. The molecule has 1 N–H and O–H groups in total. The fourth-order valence-corrected chi connectivity index (χ4v) is 1.66. The first-order chi connectivity index (χ1) is 7.63. The van der Waals surface area contributed by atoms with Gasteiger partial charge in [0, 0.05) is 19.8 Å². The minimum Gasteiger partial charge on any atom is -0.388 e. The van der Waals surface area contributed by atoms with Crippen LogP contribution >= 0.6 is 0 Å². The summed E-state index contributed by atoms with van der Waals surface area (Å²) in [6.45, 7) is 1.81. The van der Waals surface area contributed by atoms with Crippen LogP contribution in [0, 0.1) is 6.92 Å². The molecule has 0 unspecified atom stereocenters. The van der Waals surface area contributed by atoms with Crippen molar-refractivity contribution in [1.82, 2.24) is 14.3 Å². The summed E-state index contributed by atoms with van der Waals surface area (Å²) in [7, 11) is 3.50. The van der Waals surface area contributed by atoms with Crippen molar-refractivity contribution in [3.63, 3.8) is 0 Å². The lowest BCUT2D eigenvalue weighted by atomic mass is 10.3. The van der Waals surface area contributed by atoms with Crippen molar-refractivity contribution in [1.29, 1.82) is 0 Å². The van der Waals surface area contributed by atoms with Gasteiger partial charge in [0.05, 0.1) is 5.69 Å². The van der Waals surface area contributed by atoms with Gasteiger partial charge in [0.25, 0.3) is 0 Å². The molecule has 0 aliphatic heterocycles. The van der Waals surface area contributed by atoms with E-state index < -0.39 is 0 Å². The summed E-state index contributed by atoms with van der Waals surface area (Å²) in [6.07, 6.45) is 0. The van der Waals surface area contributed by atoms with E-state index in [0.717, 1.165) is 11.4 Å². The second-order valence-corrected chi connectivity index (χ2v) is 3.59. The zero-order valence-electron chi connectivity index (χ0n) is 9.56. The van der Waals surface area contributed by atoms with Gasteiger partial charge in [-0.15, -0.1) is 0 Å². The summed E-state index contributed by atoms with van der Waals surface area (Å²) in [4.78, 5) is 11.8. The standard InChI is InChI=1S/C11H14N4O/c1-8-13-14(3)11(16)15(8)10-6-4-9(12-2)5-7-10/h4-7,12H,1-3H3. The molecule has 5 nitrogen and oxygen atoms in total. The predicted octanol–water partition coefficient (Wildman–Crippen LogP) is 0.921. The third-order valence-corrected chi connectivity index (χ3v) is 2.50. The van der Waals surface area contributed by atoms with E-state index in [1.165, 1.54) is 4.68 Å². The van der Waals surface area contributed by atoms with E-state index in [1.54, 1.807) is 11.6 Å². The van der Waals surface area contributed by atoms with Gasteiger partial charge >= 0.3 is 5.69 Å². The molecular formula is C11H14N4O. The highest BCUT2D eigenvalue weighted by molar-refractivity contribution is 5.48. The highest BCUT2D eigenvalue weighted by Crippen LogP contribution is 2.12. The number of hydrogen-bond acceptors (Lipinski definition) is 3. The first-order valence-corrected chi connectivity index (χ1v) is 5.04. The van der Waals surface area contributed by atoms with E-state index in [-0.39, 0.29) is 5.69 Å². The smallest absolute Gasteiger partial charge is 0.350 e. The highest BCUT2D eigenvalue weighted by Gasteiger charge is 2.08. The zero-order chi connectivity index (χ0) is 11.7. The molecule has 0 fully saturated rings. The normalized spacial score (nSPS) is 10.4. The van der Waals surface area contributed by atoms with Crippen LogP contribution in [0.4, 0.5) is 5.69 Å². The molecule has 0 bridgehead atoms. The van der Waals surface area contributed by atoms with Crippen LogP contribution in [0.15, 0.2) is 29.1 Å². The van der Waals surface area contributed by atoms with Gasteiger partial charge in [-0.25, -0.2) is 14.0 Å². The maximum atomic E-state index is 11.8. The van der Waals surface area contributed by atoms with Gasteiger partial charge in [0.15, 0.2) is 0 Å². The first-order valence-electron chi connectivity index (χ1n) is 5.04. The van der Waals surface area contributed by atoms with Gasteiger partial charge in [-0.2, -0.15) is 5.10 Å². The maximum absolute atomic E-state index is 11.8. The molecule has 0 aliphatic carbocycles. The molecule has 1 aromatic carbocycles. The quantitative estimate of drug-likeness (QED) is 0.815. The van der Waals surface area contributed by atoms with Crippen LogP contribution in [0.1, 0.15) is 5.82 Å². The number of rotatable bonds is 2. The number of hydrogen-bond donors (Lipinski definition) is 1. The van der Waals surface area contributed by atoms with Crippen LogP contribution in [0.25, 0.3) is 5.69 Å². The summed E-state index contributed by atoms with van der Waals surface area (Å²) in [6, 6.07) is 7.63. The topological polar surface area (TPSA) is 51.9 Å². The Balaban J connectivity index is 2.54. The average Bonchev–Trinajstić information content (AvgIpc) is 2.54. The van der Waals surface area contributed by atoms with E-state index >= 15 is 0 Å². The van der Waals surface area contributed by atoms with E-state index in [2.05, 4.69) is 10.4 Å². The van der Waals surface area contributed by atoms with Crippen molar-refractivity contribution in [2.24, 2.45) is 7.05 Å². The molecule has 1 aromatic heterocycles. The number of anilines is 1. The Labute approximate surface area is 93.3 Å². The molecule has 84 valence electrons. The summed E-state index contributed by atoms with van der Waals surface area (Å²) in [5.41, 5.74) is 1.71. The zero-order valence-corrected chi connectivity index (χ0v) is 9.56. The van der Waals surface area contributed by atoms with E-state index in [4.69, 9.17) is 0 Å². The van der Waals surface area contributed by atoms with E-state index in [1.807, 2.05) is 38.2 Å². The molecule has 0 aliphatic rings. The Hall–Kier alpha value is -2.04. The van der Waals surface area contributed by atoms with Crippen molar-refractivity contribution >= 4 is 5.69 Å². The fraction of sp³-hybridized carbons (Fsp3) is 0.273. The molecule has 5 heteroatoms. The third kappa shape index (κ3) is 1.60. The van der Waals surface area contributed by atoms with Crippen molar-refractivity contribution in [3.05, 3.63) is 40.6 Å². The molecule has 0 amide bonds. The van der Waals surface area contributed by atoms with Crippen molar-refractivity contribution < 1.29 is 0 Å². The predicted molar refractivity (Wildman–Crippen MR) is 63.1 cm³/mol. The molecule has 0 saturated heterocycles. The Morgan fingerprint density at radius 3 is 2.31 bits per heavy atom. The van der Waals surface area contributed by atoms with Crippen LogP contribution in [0.5, 0.6) is 0 Å². The second-order valence-electron chi connectivity index (χ2n) is 3.59. The lowest BCUT2D eigenvalue weighted by Crippen LogP contribution is -2.21. The minimum absolute atomic E-state index is 0.130. The Morgan fingerprint density at radius 2 is 1.88 bits per heavy atom. The van der Waals surface area contributed by atoms with Gasteiger partial charge in [0.1, 0.15) is 5.82 Å². The van der Waals surface area contributed by atoms with Crippen LogP contribution < -0.4 is 11.0 Å². The van der Waals surface area contributed by atoms with E-state index in [9.17, 15) is 4.79 Å². The third-order valence-electron chi connectivity index (χ3n) is 2.50. The molecule has 16 heavy (non-hydrogen) atoms. The van der Waals surface area contributed by atoms with Crippen molar-refractivity contribution in [3.8, 4) is 5.69 Å². The molecule has 0 saturated carbocycles. The van der Waals surface area contributed by atoms with Gasteiger partial charge in [-0.05, 0) is 31.2 Å². The number of aryl methyl sites for hydroxylation is 2. The molecule has 2 rings (SSSR count). The van der Waals surface area contributed by atoms with Crippen LogP contribution in [0.2, 0.25) is 0 Å². The maximum Gasteiger partial charge on any atom is 0.350 e. The van der Waals surface area contributed by atoms with Gasteiger partial charge in [0.2, 0.25) is 0 Å². The lowest BCUT2D eigenvalue weighted by molar-refractivity contribution is 0.723. The monoisotopic (exact) mass is 218 g/mol. The molecule has 0 spiro atoms. The number of aromatic nitrogens is 3. The summed E-state index contributed by atoms with van der Waals surface area (Å²) in [5.74, 6) is 0.685. The van der Waals surface area contributed by atoms with E-state index in [0.29, 0.717) is 5.82 Å². The van der Waals surface area contributed by atoms with Crippen LogP contribution in [-0.2, 0) is 7.05 Å². The SMILES string of the molecule is CNc1ccc(-n2c(C)nn(C)c2=O)cc1. The van der Waals surface area contributed by atoms with Crippen LogP contribution in [0.3, 0.4) is 0 Å². The van der Waals surface area contributed by atoms with Crippen molar-refractivity contribution in [2.75, 3.05) is 12.4 Å². The van der Waals surface area contributed by atoms with Crippen molar-refractivity contribution in [2.45, 2.75) is 6.92 Å². The number of benzene rings is 1.